The van der Waals surface area contributed by atoms with Crippen molar-refractivity contribution in [3.05, 3.63) is 32.7 Å². The molecule has 2 nitrogen and oxygen atoms in total. The van der Waals surface area contributed by atoms with Crippen LogP contribution in [0.2, 0.25) is 0 Å². The van der Waals surface area contributed by atoms with Crippen molar-refractivity contribution >= 4 is 37.8 Å². The number of carbonyl (C=O) groups is 1. The molecule has 2 rings (SSSR count). The van der Waals surface area contributed by atoms with Crippen LogP contribution in [0.3, 0.4) is 0 Å². The Bertz CT molecular complexity index is 376. The summed E-state index contributed by atoms with van der Waals surface area (Å²) in [5.74, 6) is -0.103. The van der Waals surface area contributed by atoms with E-state index in [1.807, 2.05) is 18.2 Å². The van der Waals surface area contributed by atoms with E-state index >= 15 is 0 Å². The average molecular weight is 320 g/mol. The summed E-state index contributed by atoms with van der Waals surface area (Å²) in [6.07, 6.45) is 1.25. The summed E-state index contributed by atoms with van der Waals surface area (Å²) in [5, 5.41) is 0. The maximum atomic E-state index is 10.9. The van der Waals surface area contributed by atoms with E-state index < -0.39 is 0 Å². The highest BCUT2D eigenvalue weighted by Gasteiger charge is 2.24. The van der Waals surface area contributed by atoms with Crippen LogP contribution in [-0.4, -0.2) is 5.97 Å². The fourth-order valence-electron chi connectivity index (χ4n) is 1.47. The number of halogens is 2. The minimum atomic E-state index is -0.103. The van der Waals surface area contributed by atoms with Gasteiger partial charge in [-0.15, -0.1) is 0 Å². The molecule has 1 aliphatic rings. The quantitative estimate of drug-likeness (QED) is 0.739. The van der Waals surface area contributed by atoms with Gasteiger partial charge < -0.3 is 4.74 Å². The van der Waals surface area contributed by atoms with E-state index in [9.17, 15) is 4.79 Å². The van der Waals surface area contributed by atoms with Gasteiger partial charge in [0.25, 0.3) is 0 Å². The summed E-state index contributed by atoms with van der Waals surface area (Å²) in [6.45, 7) is 0. The van der Waals surface area contributed by atoms with Crippen LogP contribution in [0.15, 0.2) is 27.1 Å². The lowest BCUT2D eigenvalue weighted by Crippen LogP contribution is -1.98. The van der Waals surface area contributed by atoms with E-state index in [1.165, 1.54) is 0 Å². The zero-order valence-corrected chi connectivity index (χ0v) is 10.5. The zero-order chi connectivity index (χ0) is 10.1. The lowest BCUT2D eigenvalue weighted by molar-refractivity contribution is -0.141. The number of ether oxygens (including phenoxy) is 1. The van der Waals surface area contributed by atoms with Crippen LogP contribution in [0.4, 0.5) is 0 Å². The molecule has 1 aromatic carbocycles. The molecule has 4 heteroatoms. The molecule has 1 unspecified atom stereocenters. The number of cyclic esters (lactones) is 1. The van der Waals surface area contributed by atoms with E-state index in [4.69, 9.17) is 4.74 Å². The largest absolute Gasteiger partial charge is 0.457 e. The molecule has 14 heavy (non-hydrogen) atoms. The maximum Gasteiger partial charge on any atom is 0.306 e. The van der Waals surface area contributed by atoms with E-state index in [-0.39, 0.29) is 12.1 Å². The van der Waals surface area contributed by atoms with Crippen molar-refractivity contribution in [2.75, 3.05) is 0 Å². The van der Waals surface area contributed by atoms with Crippen LogP contribution in [0.1, 0.15) is 24.5 Å². The number of carbonyl (C=O) groups excluding carboxylic acids is 1. The summed E-state index contributed by atoms with van der Waals surface area (Å²) in [5.41, 5.74) is 1.05. The lowest BCUT2D eigenvalue weighted by atomic mass is 10.1. The Morgan fingerprint density at radius 3 is 2.64 bits per heavy atom. The molecule has 1 heterocycles. The molecule has 1 aromatic rings. The Labute approximate surface area is 98.9 Å². The van der Waals surface area contributed by atoms with Gasteiger partial charge in [-0.1, -0.05) is 6.07 Å². The van der Waals surface area contributed by atoms with E-state index in [0.29, 0.717) is 6.42 Å². The third-order valence-corrected chi connectivity index (χ3v) is 4.08. The van der Waals surface area contributed by atoms with Crippen LogP contribution in [0, 0.1) is 0 Å². The smallest absolute Gasteiger partial charge is 0.306 e. The molecule has 1 aliphatic heterocycles. The van der Waals surface area contributed by atoms with Gasteiger partial charge in [-0.2, -0.15) is 0 Å². The lowest BCUT2D eigenvalue weighted by Gasteiger charge is -2.10. The Balaban J connectivity index is 2.24. The second kappa shape index (κ2) is 4.03. The maximum absolute atomic E-state index is 10.9. The van der Waals surface area contributed by atoms with Gasteiger partial charge >= 0.3 is 5.97 Å². The van der Waals surface area contributed by atoms with Gasteiger partial charge in [0.05, 0.1) is 0 Å². The summed E-state index contributed by atoms with van der Waals surface area (Å²) < 4.78 is 7.16. The number of hydrogen-bond acceptors (Lipinski definition) is 2. The second-order valence-electron chi connectivity index (χ2n) is 3.19. The van der Waals surface area contributed by atoms with Crippen molar-refractivity contribution in [2.45, 2.75) is 18.9 Å². The molecule has 74 valence electrons. The van der Waals surface area contributed by atoms with Crippen LogP contribution < -0.4 is 0 Å². The molecule has 0 amide bonds. The monoisotopic (exact) mass is 318 g/mol. The molecule has 1 saturated heterocycles. The Morgan fingerprint density at radius 1 is 1.29 bits per heavy atom. The van der Waals surface area contributed by atoms with E-state index in [2.05, 4.69) is 31.9 Å². The van der Waals surface area contributed by atoms with E-state index in [0.717, 1.165) is 20.9 Å². The normalized spacial score (nSPS) is 21.0. The first kappa shape index (κ1) is 10.2. The fraction of sp³-hybridized carbons (Fsp3) is 0.300. The van der Waals surface area contributed by atoms with E-state index in [1.54, 1.807) is 0 Å². The predicted octanol–water partition coefficient (Wildman–Crippen LogP) is 3.59. The number of hydrogen-bond donors (Lipinski definition) is 0. The minimum absolute atomic E-state index is 0.0631. The molecule has 0 radical (unpaired) electrons. The van der Waals surface area contributed by atoms with Gasteiger partial charge in [-0.05, 0) is 56.0 Å². The Kier molecular flexibility index (Phi) is 2.93. The molecular formula is C10H8Br2O2. The summed E-state index contributed by atoms with van der Waals surface area (Å²) in [4.78, 5) is 10.9. The third kappa shape index (κ3) is 2.01. The summed E-state index contributed by atoms with van der Waals surface area (Å²) >= 11 is 6.82. The highest BCUT2D eigenvalue weighted by Crippen LogP contribution is 2.33. The minimum Gasteiger partial charge on any atom is -0.457 e. The zero-order valence-electron chi connectivity index (χ0n) is 7.30. The molecule has 0 N–H and O–H groups in total. The highest BCUT2D eigenvalue weighted by molar-refractivity contribution is 9.13. The Morgan fingerprint density at radius 2 is 2.07 bits per heavy atom. The van der Waals surface area contributed by atoms with Gasteiger partial charge in [-0.3, -0.25) is 4.79 Å². The van der Waals surface area contributed by atoms with Crippen molar-refractivity contribution in [1.82, 2.24) is 0 Å². The predicted molar refractivity (Wildman–Crippen MR) is 59.9 cm³/mol. The molecule has 0 aromatic heterocycles. The molecule has 0 spiro atoms. The van der Waals surface area contributed by atoms with Crippen LogP contribution in [0.25, 0.3) is 0 Å². The van der Waals surface area contributed by atoms with Gasteiger partial charge in [0.1, 0.15) is 6.10 Å². The SMILES string of the molecule is O=C1CCC(c2ccc(Br)c(Br)c2)O1. The molecule has 0 aliphatic carbocycles. The fourth-order valence-corrected chi connectivity index (χ4v) is 2.12. The van der Waals surface area contributed by atoms with Crippen LogP contribution in [-0.2, 0) is 9.53 Å². The number of benzene rings is 1. The standard InChI is InChI=1S/C10H8Br2O2/c11-7-2-1-6(5-8(7)12)9-3-4-10(13)14-9/h1-2,5,9H,3-4H2. The number of esters is 1. The molecule has 0 bridgehead atoms. The first-order valence-corrected chi connectivity index (χ1v) is 5.90. The summed E-state index contributed by atoms with van der Waals surface area (Å²) in [6, 6.07) is 5.90. The topological polar surface area (TPSA) is 26.3 Å². The number of rotatable bonds is 1. The van der Waals surface area contributed by atoms with Crippen LogP contribution >= 0.6 is 31.9 Å². The van der Waals surface area contributed by atoms with Crippen molar-refractivity contribution in [2.24, 2.45) is 0 Å². The molecule has 1 atom stereocenters. The van der Waals surface area contributed by atoms with Gasteiger partial charge in [-0.25, -0.2) is 0 Å². The Hall–Kier alpha value is -0.350. The van der Waals surface area contributed by atoms with Gasteiger partial charge in [0.15, 0.2) is 0 Å². The molecule has 1 fully saturated rings. The summed E-state index contributed by atoms with van der Waals surface area (Å²) in [7, 11) is 0. The first-order chi connectivity index (χ1) is 6.66. The van der Waals surface area contributed by atoms with Crippen molar-refractivity contribution in [1.29, 1.82) is 0 Å². The highest BCUT2D eigenvalue weighted by atomic mass is 79.9. The molecule has 0 saturated carbocycles. The van der Waals surface area contributed by atoms with Gasteiger partial charge in [0.2, 0.25) is 0 Å². The molecular weight excluding hydrogens is 312 g/mol. The van der Waals surface area contributed by atoms with Gasteiger partial charge in [0, 0.05) is 15.4 Å². The van der Waals surface area contributed by atoms with Crippen molar-refractivity contribution in [3.63, 3.8) is 0 Å². The van der Waals surface area contributed by atoms with Crippen molar-refractivity contribution in [3.8, 4) is 0 Å². The third-order valence-electron chi connectivity index (χ3n) is 2.20. The second-order valence-corrected chi connectivity index (χ2v) is 4.90. The average Bonchev–Trinajstić information content (AvgIpc) is 2.57. The van der Waals surface area contributed by atoms with Crippen molar-refractivity contribution < 1.29 is 9.53 Å². The van der Waals surface area contributed by atoms with Crippen LogP contribution in [0.5, 0.6) is 0 Å². The first-order valence-electron chi connectivity index (χ1n) is 4.31.